The van der Waals surface area contributed by atoms with Gasteiger partial charge in [0.05, 0.1) is 18.2 Å². The predicted molar refractivity (Wildman–Crippen MR) is 109 cm³/mol. The highest BCUT2D eigenvalue weighted by Gasteiger charge is 2.41. The van der Waals surface area contributed by atoms with E-state index in [1.807, 2.05) is 6.92 Å². The molecule has 0 fully saturated rings. The molecule has 158 valence electrons. The lowest BCUT2D eigenvalue weighted by Gasteiger charge is -2.34. The fourth-order valence-corrected chi connectivity index (χ4v) is 4.50. The summed E-state index contributed by atoms with van der Waals surface area (Å²) < 4.78 is 21.2. The Balaban J connectivity index is 1.75. The van der Waals surface area contributed by atoms with Gasteiger partial charge in [0.1, 0.15) is 11.4 Å². The maximum absolute atomic E-state index is 14.1. The van der Waals surface area contributed by atoms with E-state index in [-0.39, 0.29) is 46.1 Å². The van der Waals surface area contributed by atoms with Crippen molar-refractivity contribution < 1.29 is 18.7 Å². The minimum atomic E-state index is -0.631. The quantitative estimate of drug-likeness (QED) is 0.785. The fraction of sp³-hybridized carbons (Fsp3) is 0.381. The molecule has 1 aromatic carbocycles. The van der Waals surface area contributed by atoms with Gasteiger partial charge in [0.25, 0.3) is 11.8 Å². The Morgan fingerprint density at radius 3 is 2.83 bits per heavy atom. The van der Waals surface area contributed by atoms with Gasteiger partial charge in [-0.2, -0.15) is 0 Å². The van der Waals surface area contributed by atoms with E-state index in [0.717, 1.165) is 0 Å². The first-order valence-corrected chi connectivity index (χ1v) is 10.1. The Morgan fingerprint density at radius 2 is 2.13 bits per heavy atom. The molecule has 9 heteroatoms. The smallest absolute Gasteiger partial charge is 0.274 e. The highest BCUT2D eigenvalue weighted by atomic mass is 35.5. The largest absolute Gasteiger partial charge is 0.491 e. The molecule has 30 heavy (non-hydrogen) atoms. The molecule has 1 aromatic heterocycles. The molecule has 0 radical (unpaired) electrons. The first-order chi connectivity index (χ1) is 14.4. The molecule has 2 aliphatic heterocycles. The van der Waals surface area contributed by atoms with Gasteiger partial charge in [-0.1, -0.05) is 23.7 Å². The van der Waals surface area contributed by atoms with Gasteiger partial charge in [-0.15, -0.1) is 0 Å². The predicted octanol–water partition coefficient (Wildman–Crippen LogP) is 2.54. The highest BCUT2D eigenvalue weighted by molar-refractivity contribution is 6.30. The van der Waals surface area contributed by atoms with Crippen LogP contribution in [0.5, 0.6) is 5.75 Å². The number of hydrogen-bond donors (Lipinski definition) is 1. The number of aromatic nitrogens is 1. The molecular formula is C21H21ClFN3O4. The summed E-state index contributed by atoms with van der Waals surface area (Å²) in [5, 5.41) is 2.56. The zero-order valence-electron chi connectivity index (χ0n) is 16.6. The number of benzene rings is 1. The van der Waals surface area contributed by atoms with Crippen molar-refractivity contribution in [1.82, 2.24) is 14.8 Å². The summed E-state index contributed by atoms with van der Waals surface area (Å²) in [6, 6.07) is 4.49. The molecule has 0 spiro atoms. The van der Waals surface area contributed by atoms with E-state index in [0.29, 0.717) is 31.6 Å². The number of hydrogen-bond acceptors (Lipinski definition) is 4. The summed E-state index contributed by atoms with van der Waals surface area (Å²) in [5.41, 5.74) is 0.247. The SMILES string of the molecule is CCN1C[C@@H]2CCc3c(C(=O)NCc4cccc(Cl)c4F)c(=O)c(OC)c(n32)C1=O. The van der Waals surface area contributed by atoms with Gasteiger partial charge >= 0.3 is 0 Å². The van der Waals surface area contributed by atoms with E-state index in [1.165, 1.54) is 19.2 Å². The van der Waals surface area contributed by atoms with Crippen LogP contribution in [0.15, 0.2) is 23.0 Å². The molecule has 1 atom stereocenters. The number of carbonyl (C=O) groups is 2. The summed E-state index contributed by atoms with van der Waals surface area (Å²) in [6.07, 6.45) is 1.21. The number of halogens is 2. The number of ether oxygens (including phenoxy) is 1. The first-order valence-electron chi connectivity index (χ1n) is 9.74. The van der Waals surface area contributed by atoms with Gasteiger partial charge in [0.15, 0.2) is 11.4 Å². The van der Waals surface area contributed by atoms with Gasteiger partial charge in [-0.25, -0.2) is 4.39 Å². The Labute approximate surface area is 177 Å². The second-order valence-electron chi connectivity index (χ2n) is 7.33. The van der Waals surface area contributed by atoms with Crippen molar-refractivity contribution in [3.63, 3.8) is 0 Å². The maximum Gasteiger partial charge on any atom is 0.274 e. The lowest BCUT2D eigenvalue weighted by Crippen LogP contribution is -2.44. The molecular weight excluding hydrogens is 413 g/mol. The minimum absolute atomic E-state index is 0.0147. The molecule has 1 N–H and O–H groups in total. The summed E-state index contributed by atoms with van der Waals surface area (Å²) in [7, 11) is 1.31. The van der Waals surface area contributed by atoms with Crippen molar-refractivity contribution in [3.8, 4) is 5.75 Å². The molecule has 7 nitrogen and oxygen atoms in total. The minimum Gasteiger partial charge on any atom is -0.491 e. The van der Waals surface area contributed by atoms with Crippen LogP contribution in [0.2, 0.25) is 5.02 Å². The summed E-state index contributed by atoms with van der Waals surface area (Å²) in [5.74, 6) is -1.66. The molecule has 0 saturated heterocycles. The second kappa shape index (κ2) is 7.75. The topological polar surface area (TPSA) is 80.6 Å². The van der Waals surface area contributed by atoms with Crippen molar-refractivity contribution in [2.75, 3.05) is 20.2 Å². The normalized spacial score (nSPS) is 17.1. The van der Waals surface area contributed by atoms with Crippen LogP contribution in [0, 0.1) is 5.82 Å². The Kier molecular flexibility index (Phi) is 5.27. The highest BCUT2D eigenvalue weighted by Crippen LogP contribution is 2.37. The number of nitrogens with one attached hydrogen (secondary N) is 1. The lowest BCUT2D eigenvalue weighted by atomic mass is 10.1. The van der Waals surface area contributed by atoms with E-state index in [2.05, 4.69) is 5.32 Å². The van der Waals surface area contributed by atoms with Gasteiger partial charge < -0.3 is 19.5 Å². The Morgan fingerprint density at radius 1 is 1.37 bits per heavy atom. The van der Waals surface area contributed by atoms with E-state index >= 15 is 0 Å². The molecule has 0 unspecified atom stereocenters. The van der Waals surface area contributed by atoms with E-state index in [9.17, 15) is 18.8 Å². The van der Waals surface area contributed by atoms with Crippen molar-refractivity contribution in [2.45, 2.75) is 32.4 Å². The zero-order valence-corrected chi connectivity index (χ0v) is 17.4. The van der Waals surface area contributed by atoms with Crippen molar-refractivity contribution in [2.24, 2.45) is 0 Å². The number of likely N-dealkylation sites (N-methyl/N-ethyl adjacent to an activating group) is 1. The summed E-state index contributed by atoms with van der Waals surface area (Å²) >= 11 is 5.79. The van der Waals surface area contributed by atoms with Crippen LogP contribution in [-0.2, 0) is 13.0 Å². The number of pyridine rings is 1. The first kappa shape index (κ1) is 20.4. The van der Waals surface area contributed by atoms with Crippen LogP contribution >= 0.6 is 11.6 Å². The molecule has 2 aromatic rings. The van der Waals surface area contributed by atoms with Crippen LogP contribution in [0.1, 0.15) is 51.5 Å². The molecule has 2 aliphatic rings. The van der Waals surface area contributed by atoms with E-state index in [4.69, 9.17) is 16.3 Å². The van der Waals surface area contributed by atoms with Crippen molar-refractivity contribution in [1.29, 1.82) is 0 Å². The second-order valence-corrected chi connectivity index (χ2v) is 7.74. The van der Waals surface area contributed by atoms with E-state index < -0.39 is 17.2 Å². The molecule has 0 saturated carbocycles. The van der Waals surface area contributed by atoms with Crippen LogP contribution in [-0.4, -0.2) is 41.5 Å². The summed E-state index contributed by atoms with van der Waals surface area (Å²) in [4.78, 5) is 40.7. The fourth-order valence-electron chi connectivity index (χ4n) is 4.30. The van der Waals surface area contributed by atoms with Crippen LogP contribution in [0.3, 0.4) is 0 Å². The average Bonchev–Trinajstić information content (AvgIpc) is 3.14. The van der Waals surface area contributed by atoms with E-state index in [1.54, 1.807) is 15.5 Å². The molecule has 4 rings (SSSR count). The third-order valence-corrected chi connectivity index (χ3v) is 6.04. The van der Waals surface area contributed by atoms with Gasteiger partial charge in [-0.05, 0) is 25.8 Å². The van der Waals surface area contributed by atoms with Crippen LogP contribution in [0.25, 0.3) is 0 Å². The van der Waals surface area contributed by atoms with Gasteiger partial charge in [-0.3, -0.25) is 14.4 Å². The van der Waals surface area contributed by atoms with Crippen LogP contribution < -0.4 is 15.5 Å². The molecule has 0 bridgehead atoms. The average molecular weight is 434 g/mol. The number of rotatable bonds is 5. The number of nitrogens with zero attached hydrogens (tertiary/aromatic N) is 2. The molecule has 0 aliphatic carbocycles. The number of carbonyl (C=O) groups excluding carboxylic acids is 2. The lowest BCUT2D eigenvalue weighted by molar-refractivity contribution is 0.0675. The Bertz CT molecular complexity index is 1110. The van der Waals surface area contributed by atoms with Gasteiger partial charge in [0.2, 0.25) is 5.43 Å². The number of methoxy groups -OCH3 is 1. The Hall–Kier alpha value is -2.87. The third kappa shape index (κ3) is 3.06. The standard InChI is InChI=1S/C21H21ClFN3O4/c1-3-25-10-12-7-8-14-15(18(27)19(30-2)17(21(25)29)26(12)14)20(28)24-9-11-5-4-6-13(22)16(11)23/h4-6,12H,3,7-10H2,1-2H3,(H,24,28)/t12-/m0/s1. The monoisotopic (exact) mass is 433 g/mol. The van der Waals surface area contributed by atoms with Crippen molar-refractivity contribution >= 4 is 23.4 Å². The van der Waals surface area contributed by atoms with Crippen LogP contribution in [0.4, 0.5) is 4.39 Å². The zero-order chi connectivity index (χ0) is 21.6. The molecule has 2 amide bonds. The number of amides is 2. The third-order valence-electron chi connectivity index (χ3n) is 5.75. The van der Waals surface area contributed by atoms with Gasteiger partial charge in [0, 0.05) is 30.9 Å². The van der Waals surface area contributed by atoms with Crippen molar-refractivity contribution in [3.05, 3.63) is 61.8 Å². The summed E-state index contributed by atoms with van der Waals surface area (Å²) in [6.45, 7) is 2.80. The molecule has 3 heterocycles. The maximum atomic E-state index is 14.1.